The summed E-state index contributed by atoms with van der Waals surface area (Å²) in [6, 6.07) is 12.4. The van der Waals surface area contributed by atoms with Gasteiger partial charge in [-0.1, -0.05) is 18.2 Å². The summed E-state index contributed by atoms with van der Waals surface area (Å²) in [6.45, 7) is 4.99. The first-order valence-corrected chi connectivity index (χ1v) is 10.6. The van der Waals surface area contributed by atoms with Crippen molar-refractivity contribution in [2.24, 2.45) is 5.92 Å². The molecule has 0 unspecified atom stereocenters. The van der Waals surface area contributed by atoms with Gasteiger partial charge in [0.15, 0.2) is 5.76 Å². The van der Waals surface area contributed by atoms with Crippen LogP contribution in [0.2, 0.25) is 0 Å². The van der Waals surface area contributed by atoms with Crippen molar-refractivity contribution in [3.8, 4) is 17.7 Å². The van der Waals surface area contributed by atoms with Crippen molar-refractivity contribution in [3.63, 3.8) is 0 Å². The van der Waals surface area contributed by atoms with Gasteiger partial charge in [-0.3, -0.25) is 9.59 Å². The minimum Gasteiger partial charge on any atom is -0.459 e. The fourth-order valence-electron chi connectivity index (χ4n) is 3.73. The molecule has 0 radical (unpaired) electrons. The van der Waals surface area contributed by atoms with Crippen LogP contribution in [0.5, 0.6) is 0 Å². The summed E-state index contributed by atoms with van der Waals surface area (Å²) in [5.74, 6) is 0.423. The fraction of sp³-hybridized carbons (Fsp3) is 0.250. The topological polar surface area (TPSA) is 124 Å². The number of anilines is 2. The molecule has 1 aromatic carbocycles. The second kappa shape index (κ2) is 9.87. The monoisotopic (exact) mass is 445 g/mol. The molecular weight excluding hydrogens is 422 g/mol. The van der Waals surface area contributed by atoms with Gasteiger partial charge in [0.2, 0.25) is 17.5 Å². The zero-order valence-corrected chi connectivity index (χ0v) is 17.9. The second-order valence-corrected chi connectivity index (χ2v) is 7.56. The number of benzene rings is 1. The zero-order valence-electron chi connectivity index (χ0n) is 17.9. The summed E-state index contributed by atoms with van der Waals surface area (Å²) in [6.07, 6.45) is 4.24. The Morgan fingerprint density at radius 3 is 2.73 bits per heavy atom. The van der Waals surface area contributed by atoms with Gasteiger partial charge in [-0.15, -0.1) is 6.58 Å². The number of nitrogens with zero attached hydrogens (tertiary/aromatic N) is 3. The number of aromatic nitrogens is 1. The van der Waals surface area contributed by atoms with Crippen molar-refractivity contribution in [1.29, 1.82) is 5.26 Å². The Kier molecular flexibility index (Phi) is 6.55. The van der Waals surface area contributed by atoms with Gasteiger partial charge in [0.25, 0.3) is 11.8 Å². The van der Waals surface area contributed by atoms with Crippen LogP contribution in [0.3, 0.4) is 0 Å². The lowest BCUT2D eigenvalue weighted by atomic mass is 9.95. The Morgan fingerprint density at radius 1 is 1.24 bits per heavy atom. The average Bonchev–Trinajstić information content (AvgIpc) is 3.53. The molecule has 2 amide bonds. The maximum Gasteiger partial charge on any atom is 0.266 e. The lowest BCUT2D eigenvalue weighted by Gasteiger charge is -2.31. The molecule has 1 aliphatic rings. The van der Waals surface area contributed by atoms with E-state index in [2.05, 4.69) is 28.3 Å². The molecule has 4 rings (SSSR count). The highest BCUT2D eigenvalue weighted by molar-refractivity contribution is 6.04. The van der Waals surface area contributed by atoms with Gasteiger partial charge < -0.3 is 24.4 Å². The van der Waals surface area contributed by atoms with E-state index in [9.17, 15) is 14.9 Å². The number of oxazole rings is 1. The second-order valence-electron chi connectivity index (χ2n) is 7.56. The Morgan fingerprint density at radius 2 is 2.03 bits per heavy atom. The van der Waals surface area contributed by atoms with Crippen molar-refractivity contribution in [3.05, 3.63) is 66.6 Å². The number of para-hydroxylation sites is 1. The van der Waals surface area contributed by atoms with Crippen LogP contribution < -0.4 is 15.5 Å². The lowest BCUT2D eigenvalue weighted by molar-refractivity contribution is -0.120. The van der Waals surface area contributed by atoms with Crippen molar-refractivity contribution >= 4 is 23.4 Å². The largest absolute Gasteiger partial charge is 0.459 e. The van der Waals surface area contributed by atoms with E-state index in [1.54, 1.807) is 42.5 Å². The Hall–Kier alpha value is -4.32. The summed E-state index contributed by atoms with van der Waals surface area (Å²) in [5, 5.41) is 15.1. The Balaban J connectivity index is 1.40. The van der Waals surface area contributed by atoms with Crippen LogP contribution in [-0.2, 0) is 4.79 Å². The molecule has 0 bridgehead atoms. The Bertz CT molecular complexity index is 1180. The van der Waals surface area contributed by atoms with Crippen LogP contribution in [0.25, 0.3) is 11.7 Å². The Labute approximate surface area is 190 Å². The quantitative estimate of drug-likeness (QED) is 0.533. The summed E-state index contributed by atoms with van der Waals surface area (Å²) in [4.78, 5) is 31.4. The fourth-order valence-corrected chi connectivity index (χ4v) is 3.73. The molecule has 1 fully saturated rings. The predicted octanol–water partition coefficient (Wildman–Crippen LogP) is 3.58. The highest BCUT2D eigenvalue weighted by Gasteiger charge is 2.29. The van der Waals surface area contributed by atoms with E-state index >= 15 is 0 Å². The number of rotatable bonds is 7. The summed E-state index contributed by atoms with van der Waals surface area (Å²) >= 11 is 0. The van der Waals surface area contributed by atoms with Crippen LogP contribution in [0.4, 0.5) is 11.6 Å². The number of carbonyl (C=O) groups is 2. The first kappa shape index (κ1) is 21.9. The smallest absolute Gasteiger partial charge is 0.266 e. The number of hydrogen-bond donors (Lipinski definition) is 2. The summed E-state index contributed by atoms with van der Waals surface area (Å²) < 4.78 is 11.1. The molecule has 0 saturated carbocycles. The molecule has 3 heterocycles. The third kappa shape index (κ3) is 4.80. The minimum absolute atomic E-state index is 0.145. The van der Waals surface area contributed by atoms with Gasteiger partial charge in [-0.05, 0) is 37.1 Å². The van der Waals surface area contributed by atoms with Crippen molar-refractivity contribution in [2.45, 2.75) is 12.8 Å². The van der Waals surface area contributed by atoms with Gasteiger partial charge in [0.1, 0.15) is 6.07 Å². The molecule has 3 aromatic rings. The van der Waals surface area contributed by atoms with Gasteiger partial charge >= 0.3 is 0 Å². The van der Waals surface area contributed by atoms with Gasteiger partial charge in [-0.25, -0.2) is 0 Å². The first-order valence-electron chi connectivity index (χ1n) is 10.6. The molecule has 9 nitrogen and oxygen atoms in total. The summed E-state index contributed by atoms with van der Waals surface area (Å²) in [7, 11) is 0. The maximum absolute atomic E-state index is 12.9. The normalized spacial score (nSPS) is 13.8. The predicted molar refractivity (Wildman–Crippen MR) is 121 cm³/mol. The van der Waals surface area contributed by atoms with Gasteiger partial charge in [0.05, 0.1) is 17.5 Å². The third-order valence-corrected chi connectivity index (χ3v) is 5.44. The lowest BCUT2D eigenvalue weighted by Crippen LogP contribution is -2.38. The highest BCUT2D eigenvalue weighted by atomic mass is 16.4. The average molecular weight is 445 g/mol. The van der Waals surface area contributed by atoms with E-state index in [1.165, 1.54) is 6.26 Å². The maximum atomic E-state index is 12.9. The summed E-state index contributed by atoms with van der Waals surface area (Å²) in [5.41, 5.74) is 1.05. The highest BCUT2D eigenvalue weighted by Crippen LogP contribution is 2.31. The molecule has 9 heteroatoms. The van der Waals surface area contributed by atoms with E-state index in [0.29, 0.717) is 55.4 Å². The van der Waals surface area contributed by atoms with Gasteiger partial charge in [-0.2, -0.15) is 10.2 Å². The molecule has 0 spiro atoms. The molecule has 0 atom stereocenters. The molecule has 168 valence electrons. The molecule has 1 aliphatic heterocycles. The first-order chi connectivity index (χ1) is 16.1. The molecule has 2 N–H and O–H groups in total. The van der Waals surface area contributed by atoms with E-state index in [-0.39, 0.29) is 29.3 Å². The van der Waals surface area contributed by atoms with Crippen molar-refractivity contribution in [1.82, 2.24) is 10.3 Å². The SMILES string of the molecule is C=CCNC(=O)c1ccccc1NC(=O)C1CCN(c2oc(-c3ccco3)nc2C#N)CC1. The van der Waals surface area contributed by atoms with Crippen molar-refractivity contribution in [2.75, 3.05) is 29.9 Å². The molecule has 2 aromatic heterocycles. The van der Waals surface area contributed by atoms with E-state index in [4.69, 9.17) is 8.83 Å². The van der Waals surface area contributed by atoms with Crippen LogP contribution in [0, 0.1) is 17.2 Å². The van der Waals surface area contributed by atoms with E-state index in [0.717, 1.165) is 0 Å². The number of piperidine rings is 1. The van der Waals surface area contributed by atoms with E-state index in [1.807, 2.05) is 4.90 Å². The van der Waals surface area contributed by atoms with E-state index < -0.39 is 0 Å². The number of amides is 2. The number of nitrogens with one attached hydrogen (secondary N) is 2. The number of nitriles is 1. The van der Waals surface area contributed by atoms with Gasteiger partial charge in [0, 0.05) is 25.6 Å². The third-order valence-electron chi connectivity index (χ3n) is 5.44. The van der Waals surface area contributed by atoms with Crippen LogP contribution in [0.1, 0.15) is 28.9 Å². The zero-order chi connectivity index (χ0) is 23.2. The van der Waals surface area contributed by atoms with Crippen LogP contribution in [-0.4, -0.2) is 36.4 Å². The molecule has 33 heavy (non-hydrogen) atoms. The minimum atomic E-state index is -0.276. The number of hydrogen-bond acceptors (Lipinski definition) is 7. The van der Waals surface area contributed by atoms with Crippen LogP contribution in [0.15, 0.2) is 64.2 Å². The number of carbonyl (C=O) groups excluding carboxylic acids is 2. The van der Waals surface area contributed by atoms with Crippen molar-refractivity contribution < 1.29 is 18.4 Å². The molecule has 0 aliphatic carbocycles. The molecular formula is C24H23N5O4. The standard InChI is InChI=1S/C24H23N5O4/c1-2-11-26-22(31)17-6-3-4-7-18(17)27-21(30)16-9-12-29(13-10-16)24-19(15-25)28-23(33-24)20-8-5-14-32-20/h2-8,14,16H,1,9-13H2,(H,26,31)(H,27,30). The van der Waals surface area contributed by atoms with Crippen LogP contribution >= 0.6 is 0 Å². The number of furan rings is 1. The molecule has 1 saturated heterocycles.